The van der Waals surface area contributed by atoms with Gasteiger partial charge in [-0.2, -0.15) is 0 Å². The summed E-state index contributed by atoms with van der Waals surface area (Å²) in [6.07, 6.45) is 1.75. The Kier molecular flexibility index (Phi) is 7.78. The fourth-order valence-corrected chi connectivity index (χ4v) is 3.27. The zero-order valence-electron chi connectivity index (χ0n) is 15.9. The molecule has 0 amide bonds. The molecule has 3 aromatic rings. The second-order valence-corrected chi connectivity index (χ2v) is 7.30. The highest BCUT2D eigenvalue weighted by atomic mass is 127. The van der Waals surface area contributed by atoms with E-state index in [4.69, 9.17) is 4.42 Å². The van der Waals surface area contributed by atoms with Gasteiger partial charge in [0.1, 0.15) is 5.01 Å². The molecule has 0 aliphatic heterocycles. The van der Waals surface area contributed by atoms with Gasteiger partial charge in [0, 0.05) is 17.5 Å². The number of hydrogen-bond donors (Lipinski definition) is 2. The Morgan fingerprint density at radius 2 is 1.81 bits per heavy atom. The van der Waals surface area contributed by atoms with Crippen LogP contribution in [0.4, 0.5) is 0 Å². The van der Waals surface area contributed by atoms with Crippen LogP contribution in [-0.4, -0.2) is 23.0 Å². The lowest BCUT2D eigenvalue weighted by atomic mass is 10.1. The molecule has 0 fully saturated rings. The molecule has 0 saturated heterocycles. The van der Waals surface area contributed by atoms with Gasteiger partial charge in [0.05, 0.1) is 25.0 Å². The van der Waals surface area contributed by atoms with E-state index in [1.807, 2.05) is 19.1 Å². The van der Waals surface area contributed by atoms with Crippen molar-refractivity contribution in [1.82, 2.24) is 20.6 Å². The van der Waals surface area contributed by atoms with E-state index in [9.17, 15) is 0 Å². The number of aromatic nitrogens is 2. The first-order valence-corrected chi connectivity index (χ1v) is 9.26. The Bertz CT molecular complexity index is 882. The maximum atomic E-state index is 5.82. The molecule has 27 heavy (non-hydrogen) atoms. The van der Waals surface area contributed by atoms with Gasteiger partial charge < -0.3 is 15.1 Å². The molecule has 0 aliphatic rings. The lowest BCUT2D eigenvalue weighted by molar-refractivity contribution is 0.497. The van der Waals surface area contributed by atoms with Crippen LogP contribution in [0.25, 0.3) is 11.3 Å². The molecule has 0 spiro atoms. The van der Waals surface area contributed by atoms with Crippen molar-refractivity contribution in [1.29, 1.82) is 0 Å². The van der Waals surface area contributed by atoms with Gasteiger partial charge in [0.2, 0.25) is 5.89 Å². The molecule has 8 heteroatoms. The molecule has 0 radical (unpaired) electrons. The second kappa shape index (κ2) is 9.84. The van der Waals surface area contributed by atoms with E-state index < -0.39 is 0 Å². The summed E-state index contributed by atoms with van der Waals surface area (Å²) in [5, 5.41) is 7.51. The first-order valence-electron chi connectivity index (χ1n) is 8.44. The van der Waals surface area contributed by atoms with E-state index >= 15 is 0 Å². The van der Waals surface area contributed by atoms with E-state index in [2.05, 4.69) is 51.6 Å². The van der Waals surface area contributed by atoms with E-state index in [1.54, 1.807) is 24.6 Å². The Morgan fingerprint density at radius 1 is 1.11 bits per heavy atom. The largest absolute Gasteiger partial charge is 0.439 e. The summed E-state index contributed by atoms with van der Waals surface area (Å²) in [6.45, 7) is 7.27. The van der Waals surface area contributed by atoms with Crippen molar-refractivity contribution in [3.63, 3.8) is 0 Å². The predicted molar refractivity (Wildman–Crippen MR) is 121 cm³/mol. The number of benzene rings is 1. The first kappa shape index (κ1) is 21.4. The highest BCUT2D eigenvalue weighted by Crippen LogP contribution is 2.20. The third kappa shape index (κ3) is 5.77. The lowest BCUT2D eigenvalue weighted by Crippen LogP contribution is -2.36. The van der Waals surface area contributed by atoms with E-state index in [-0.39, 0.29) is 24.0 Å². The van der Waals surface area contributed by atoms with Crippen LogP contribution in [0.2, 0.25) is 0 Å². The predicted octanol–water partition coefficient (Wildman–Crippen LogP) is 4.21. The standard InChI is InChI=1S/C19H23N5OS.HI/c1-12-5-7-15(8-6-12)16-9-21-17(25-16)10-22-19(20-4)23-11-18-24-13(2)14(3)26-18;/h5-9H,10-11H2,1-4H3,(H2,20,22,23);1H. The number of nitrogens with zero attached hydrogens (tertiary/aromatic N) is 3. The number of nitrogens with one attached hydrogen (secondary N) is 2. The second-order valence-electron chi connectivity index (χ2n) is 6.01. The maximum absolute atomic E-state index is 5.82. The summed E-state index contributed by atoms with van der Waals surface area (Å²) in [5.74, 6) is 2.06. The molecule has 6 nitrogen and oxygen atoms in total. The molecular formula is C19H24IN5OS. The number of halogens is 1. The Hall–Kier alpha value is -1.94. The molecule has 2 heterocycles. The molecule has 1 aromatic carbocycles. The molecule has 0 aliphatic carbocycles. The summed E-state index contributed by atoms with van der Waals surface area (Å²) in [5.41, 5.74) is 3.32. The normalized spacial score (nSPS) is 11.2. The average Bonchev–Trinajstić information content (AvgIpc) is 3.23. The van der Waals surface area contributed by atoms with Gasteiger partial charge in [0.15, 0.2) is 11.7 Å². The Balaban J connectivity index is 0.00000261. The van der Waals surface area contributed by atoms with Crippen LogP contribution < -0.4 is 10.6 Å². The molecule has 0 unspecified atom stereocenters. The van der Waals surface area contributed by atoms with Crippen molar-refractivity contribution < 1.29 is 4.42 Å². The number of oxazole rings is 1. The van der Waals surface area contributed by atoms with Crippen molar-refractivity contribution in [3.8, 4) is 11.3 Å². The summed E-state index contributed by atoms with van der Waals surface area (Å²) < 4.78 is 5.82. The van der Waals surface area contributed by atoms with E-state index in [1.165, 1.54) is 10.4 Å². The van der Waals surface area contributed by atoms with Crippen LogP contribution in [0.5, 0.6) is 0 Å². The smallest absolute Gasteiger partial charge is 0.214 e. The minimum atomic E-state index is 0. The first-order chi connectivity index (χ1) is 12.5. The van der Waals surface area contributed by atoms with Crippen molar-refractivity contribution in [2.24, 2.45) is 4.99 Å². The van der Waals surface area contributed by atoms with Crippen molar-refractivity contribution >= 4 is 41.3 Å². The van der Waals surface area contributed by atoms with Crippen molar-refractivity contribution in [2.45, 2.75) is 33.9 Å². The SMILES string of the molecule is CN=C(NCc1ncc(-c2ccc(C)cc2)o1)NCc1nc(C)c(C)s1.I. The van der Waals surface area contributed by atoms with Crippen LogP contribution in [0, 0.1) is 20.8 Å². The van der Waals surface area contributed by atoms with E-state index in [0.717, 1.165) is 22.0 Å². The van der Waals surface area contributed by atoms with Crippen molar-refractivity contribution in [3.05, 3.63) is 57.5 Å². The summed E-state index contributed by atoms with van der Waals surface area (Å²) >= 11 is 1.70. The zero-order valence-corrected chi connectivity index (χ0v) is 19.0. The van der Waals surface area contributed by atoms with Gasteiger partial charge in [-0.15, -0.1) is 35.3 Å². The fraction of sp³-hybridized carbons (Fsp3) is 0.316. The number of rotatable bonds is 5. The molecule has 2 N–H and O–H groups in total. The third-order valence-electron chi connectivity index (χ3n) is 4.00. The van der Waals surface area contributed by atoms with Gasteiger partial charge in [-0.3, -0.25) is 4.99 Å². The molecule has 0 bridgehead atoms. The Labute approximate surface area is 180 Å². The maximum Gasteiger partial charge on any atom is 0.214 e. The van der Waals surface area contributed by atoms with Gasteiger partial charge in [-0.05, 0) is 20.8 Å². The monoisotopic (exact) mass is 497 g/mol. The average molecular weight is 497 g/mol. The Morgan fingerprint density at radius 3 is 2.44 bits per heavy atom. The van der Waals surface area contributed by atoms with Crippen LogP contribution in [0.3, 0.4) is 0 Å². The van der Waals surface area contributed by atoms with Crippen molar-refractivity contribution in [2.75, 3.05) is 7.05 Å². The van der Waals surface area contributed by atoms with Gasteiger partial charge in [0.25, 0.3) is 0 Å². The quantitative estimate of drug-likeness (QED) is 0.314. The van der Waals surface area contributed by atoms with Gasteiger partial charge >= 0.3 is 0 Å². The number of hydrogen-bond acceptors (Lipinski definition) is 5. The summed E-state index contributed by atoms with van der Waals surface area (Å²) in [7, 11) is 1.74. The molecule has 3 rings (SSSR count). The lowest BCUT2D eigenvalue weighted by Gasteiger charge is -2.09. The minimum absolute atomic E-state index is 0. The molecular weight excluding hydrogens is 473 g/mol. The van der Waals surface area contributed by atoms with Crippen LogP contribution in [0.1, 0.15) is 27.0 Å². The van der Waals surface area contributed by atoms with Crippen LogP contribution >= 0.6 is 35.3 Å². The molecule has 144 valence electrons. The topological polar surface area (TPSA) is 75.3 Å². The van der Waals surface area contributed by atoms with E-state index in [0.29, 0.717) is 24.9 Å². The molecule has 0 atom stereocenters. The molecule has 0 saturated carbocycles. The fourth-order valence-electron chi connectivity index (χ4n) is 2.40. The number of aryl methyl sites for hydroxylation is 3. The van der Waals surface area contributed by atoms with Crippen LogP contribution in [-0.2, 0) is 13.1 Å². The summed E-state index contributed by atoms with van der Waals surface area (Å²) in [6, 6.07) is 8.18. The number of guanidine groups is 1. The highest BCUT2D eigenvalue weighted by Gasteiger charge is 2.08. The third-order valence-corrected chi connectivity index (χ3v) is 5.07. The highest BCUT2D eigenvalue weighted by molar-refractivity contribution is 14.0. The van der Waals surface area contributed by atoms with Gasteiger partial charge in [-0.25, -0.2) is 9.97 Å². The van der Waals surface area contributed by atoms with Crippen LogP contribution in [0.15, 0.2) is 39.9 Å². The summed E-state index contributed by atoms with van der Waals surface area (Å²) in [4.78, 5) is 14.3. The van der Waals surface area contributed by atoms with Gasteiger partial charge in [-0.1, -0.05) is 29.8 Å². The number of aliphatic imine (C=N–C) groups is 1. The minimum Gasteiger partial charge on any atom is -0.439 e. The molecule has 2 aromatic heterocycles. The number of thiazole rings is 1. The zero-order chi connectivity index (χ0) is 18.5.